The molecule has 0 unspecified atom stereocenters. The molecule has 2 amide bonds. The molecule has 0 saturated carbocycles. The molecule has 8 nitrogen and oxygen atoms in total. The van der Waals surface area contributed by atoms with Crippen molar-refractivity contribution in [3.05, 3.63) is 77.7 Å². The number of hydrogen-bond acceptors (Lipinski definition) is 4. The summed E-state index contributed by atoms with van der Waals surface area (Å²) in [6, 6.07) is 12.8. The first-order valence-electron chi connectivity index (χ1n) is 11.8. The van der Waals surface area contributed by atoms with Crippen molar-refractivity contribution in [1.82, 2.24) is 19.7 Å². The molecule has 0 atom stereocenters. The summed E-state index contributed by atoms with van der Waals surface area (Å²) in [5.41, 5.74) is 2.77. The molecule has 0 bridgehead atoms. The maximum atomic E-state index is 13.0. The van der Waals surface area contributed by atoms with Crippen LogP contribution in [-0.2, 0) is 0 Å². The lowest BCUT2D eigenvalue weighted by atomic mass is 10.0. The highest BCUT2D eigenvalue weighted by Gasteiger charge is 2.33. The van der Waals surface area contributed by atoms with Crippen molar-refractivity contribution in [2.45, 2.75) is 32.2 Å². The van der Waals surface area contributed by atoms with Gasteiger partial charge in [0.25, 0.3) is 11.8 Å². The second kappa shape index (κ2) is 9.64. The molecule has 1 fully saturated rings. The fraction of sp³-hybridized carbons (Fsp3) is 0.269. The van der Waals surface area contributed by atoms with Crippen molar-refractivity contribution in [3.63, 3.8) is 0 Å². The number of fused-ring (bicyclic) bond motifs is 1. The first kappa shape index (κ1) is 24.4. The molecule has 1 aliphatic heterocycles. The quantitative estimate of drug-likeness (QED) is 0.380. The van der Waals surface area contributed by atoms with Crippen LogP contribution < -0.4 is 10.1 Å². The lowest BCUT2D eigenvalue weighted by Crippen LogP contribution is -2.39. The monoisotopic (exact) mass is 511 g/mol. The van der Waals surface area contributed by atoms with Crippen LogP contribution in [0.4, 0.5) is 18.9 Å². The van der Waals surface area contributed by atoms with Gasteiger partial charge in [-0.15, -0.1) is 13.2 Å². The molecule has 3 heterocycles. The van der Waals surface area contributed by atoms with E-state index < -0.39 is 18.0 Å². The second-order valence-electron chi connectivity index (χ2n) is 8.98. The molecule has 2 aromatic heterocycles. The van der Waals surface area contributed by atoms with Gasteiger partial charge in [0.15, 0.2) is 0 Å². The summed E-state index contributed by atoms with van der Waals surface area (Å²) >= 11 is 0. The van der Waals surface area contributed by atoms with E-state index in [1.54, 1.807) is 10.9 Å². The topological polar surface area (TPSA) is 92.2 Å². The van der Waals surface area contributed by atoms with Gasteiger partial charge in [0.1, 0.15) is 5.75 Å². The van der Waals surface area contributed by atoms with Gasteiger partial charge in [-0.1, -0.05) is 12.1 Å². The van der Waals surface area contributed by atoms with Gasteiger partial charge < -0.3 is 19.9 Å². The van der Waals surface area contributed by atoms with Gasteiger partial charge in [0, 0.05) is 41.4 Å². The normalized spacial score (nSPS) is 14.6. The van der Waals surface area contributed by atoms with Crippen molar-refractivity contribution < 1.29 is 27.5 Å². The zero-order valence-electron chi connectivity index (χ0n) is 19.9. The minimum Gasteiger partial charge on any atom is -0.405 e. The van der Waals surface area contributed by atoms with Crippen LogP contribution in [-0.4, -0.2) is 50.9 Å². The summed E-state index contributed by atoms with van der Waals surface area (Å²) in [5.74, 6) is -1.34. The number of aromatic nitrogens is 3. The minimum absolute atomic E-state index is 0.0188. The van der Waals surface area contributed by atoms with Crippen LogP contribution in [0.3, 0.4) is 0 Å². The molecular weight excluding hydrogens is 487 g/mol. The minimum atomic E-state index is -4.91. The lowest BCUT2D eigenvalue weighted by molar-refractivity contribution is -0.274. The SMILES string of the molecule is Cc1cc2cc(C(=O)N3CCC(n4cc(NC(=O)c5ccccc5OC(F)(F)F)cn4)CC3)ccc2[nH]1. The summed E-state index contributed by atoms with van der Waals surface area (Å²) in [4.78, 5) is 30.7. The molecule has 0 spiro atoms. The number of carbonyl (C=O) groups is 2. The number of nitrogens with one attached hydrogen (secondary N) is 2. The van der Waals surface area contributed by atoms with Crippen LogP contribution in [0.25, 0.3) is 10.9 Å². The average Bonchev–Trinajstić information content (AvgIpc) is 3.48. The lowest BCUT2D eigenvalue weighted by Gasteiger charge is -2.32. The zero-order chi connectivity index (χ0) is 26.2. The number of ether oxygens (including phenoxy) is 1. The van der Waals surface area contributed by atoms with Crippen molar-refractivity contribution in [3.8, 4) is 5.75 Å². The summed E-state index contributed by atoms with van der Waals surface area (Å²) in [5, 5.41) is 7.89. The molecule has 0 radical (unpaired) electrons. The molecule has 0 aliphatic carbocycles. The molecular formula is C26H24F3N5O3. The largest absolute Gasteiger partial charge is 0.573 e. The number of halogens is 3. The van der Waals surface area contributed by atoms with Crippen LogP contribution in [0.2, 0.25) is 0 Å². The van der Waals surface area contributed by atoms with E-state index >= 15 is 0 Å². The number of nitrogens with zero attached hydrogens (tertiary/aromatic N) is 3. The Hall–Kier alpha value is -4.28. The third-order valence-corrected chi connectivity index (χ3v) is 6.34. The number of aryl methyl sites for hydroxylation is 1. The molecule has 4 aromatic rings. The van der Waals surface area contributed by atoms with Crippen molar-refractivity contribution in [2.24, 2.45) is 0 Å². The zero-order valence-corrected chi connectivity index (χ0v) is 19.9. The Morgan fingerprint density at radius 3 is 2.62 bits per heavy atom. The smallest absolute Gasteiger partial charge is 0.405 e. The fourth-order valence-electron chi connectivity index (χ4n) is 4.60. The molecule has 2 aromatic carbocycles. The highest BCUT2D eigenvalue weighted by Crippen LogP contribution is 2.28. The third kappa shape index (κ3) is 5.45. The molecule has 11 heteroatoms. The Kier molecular flexibility index (Phi) is 6.36. The molecule has 1 saturated heterocycles. The van der Waals surface area contributed by atoms with Gasteiger partial charge in [0.2, 0.25) is 0 Å². The van der Waals surface area contributed by atoms with Crippen LogP contribution in [0.5, 0.6) is 5.75 Å². The Balaban J connectivity index is 1.20. The van der Waals surface area contributed by atoms with Crippen molar-refractivity contribution >= 4 is 28.4 Å². The standard InChI is InChI=1S/C26H24F3N5O3/c1-16-12-18-13-17(6-7-22(18)31-16)25(36)33-10-8-20(9-11-33)34-15-19(14-30-34)32-24(35)21-4-2-3-5-23(21)37-26(27,28)29/h2-7,12-15,20,31H,8-11H2,1H3,(H,32,35). The highest BCUT2D eigenvalue weighted by molar-refractivity contribution is 6.06. The summed E-state index contributed by atoms with van der Waals surface area (Å²) in [6.07, 6.45) is -0.485. The van der Waals surface area contributed by atoms with Gasteiger partial charge in [0.05, 0.1) is 23.5 Å². The van der Waals surface area contributed by atoms with Crippen LogP contribution in [0.1, 0.15) is 45.3 Å². The van der Waals surface area contributed by atoms with Gasteiger partial charge >= 0.3 is 6.36 Å². The highest BCUT2D eigenvalue weighted by atomic mass is 19.4. The first-order chi connectivity index (χ1) is 17.7. The molecule has 5 rings (SSSR count). The van der Waals surface area contributed by atoms with Gasteiger partial charge in [-0.3, -0.25) is 14.3 Å². The number of piperidine rings is 1. The van der Waals surface area contributed by atoms with E-state index in [4.69, 9.17) is 0 Å². The summed E-state index contributed by atoms with van der Waals surface area (Å²) < 4.78 is 43.7. The number of hydrogen-bond donors (Lipinski definition) is 2. The van der Waals surface area contributed by atoms with E-state index in [2.05, 4.69) is 20.1 Å². The number of amides is 2. The number of likely N-dealkylation sites (tertiary alicyclic amines) is 1. The molecule has 2 N–H and O–H groups in total. The number of benzene rings is 2. The third-order valence-electron chi connectivity index (χ3n) is 6.34. The molecule has 1 aliphatic rings. The van der Waals surface area contributed by atoms with E-state index in [0.717, 1.165) is 22.7 Å². The Morgan fingerprint density at radius 2 is 1.86 bits per heavy atom. The number of alkyl halides is 3. The van der Waals surface area contributed by atoms with E-state index in [0.29, 0.717) is 37.2 Å². The summed E-state index contributed by atoms with van der Waals surface area (Å²) in [7, 11) is 0. The average molecular weight is 512 g/mol. The molecule has 37 heavy (non-hydrogen) atoms. The van der Waals surface area contributed by atoms with Crippen LogP contribution in [0, 0.1) is 6.92 Å². The Morgan fingerprint density at radius 1 is 1.11 bits per heavy atom. The van der Waals surface area contributed by atoms with Crippen LogP contribution >= 0.6 is 0 Å². The van der Waals surface area contributed by atoms with E-state index in [-0.39, 0.29) is 17.5 Å². The Bertz CT molecular complexity index is 1450. The number of aromatic amines is 1. The van der Waals surface area contributed by atoms with Crippen molar-refractivity contribution in [1.29, 1.82) is 0 Å². The predicted molar refractivity (Wildman–Crippen MR) is 131 cm³/mol. The maximum Gasteiger partial charge on any atom is 0.573 e. The fourth-order valence-corrected chi connectivity index (χ4v) is 4.60. The first-order valence-corrected chi connectivity index (χ1v) is 11.8. The van der Waals surface area contributed by atoms with E-state index in [9.17, 15) is 22.8 Å². The maximum absolute atomic E-state index is 13.0. The van der Waals surface area contributed by atoms with Crippen molar-refractivity contribution in [2.75, 3.05) is 18.4 Å². The Labute approximate surface area is 210 Å². The number of rotatable bonds is 5. The van der Waals surface area contributed by atoms with Gasteiger partial charge in [-0.2, -0.15) is 5.10 Å². The predicted octanol–water partition coefficient (Wildman–Crippen LogP) is 5.30. The van der Waals surface area contributed by atoms with Gasteiger partial charge in [-0.25, -0.2) is 0 Å². The molecule has 192 valence electrons. The van der Waals surface area contributed by atoms with E-state index in [1.807, 2.05) is 36.1 Å². The van der Waals surface area contributed by atoms with Crippen LogP contribution in [0.15, 0.2) is 60.9 Å². The second-order valence-corrected chi connectivity index (χ2v) is 8.98. The number of anilines is 1. The number of para-hydroxylation sites is 1. The van der Waals surface area contributed by atoms with Gasteiger partial charge in [-0.05, 0) is 56.2 Å². The number of carbonyl (C=O) groups excluding carboxylic acids is 2. The summed E-state index contributed by atoms with van der Waals surface area (Å²) in [6.45, 7) is 3.08. The van der Waals surface area contributed by atoms with E-state index in [1.165, 1.54) is 24.4 Å². The number of H-pyrrole nitrogens is 1.